The van der Waals surface area contributed by atoms with E-state index in [4.69, 9.17) is 14.4 Å². The second-order valence-corrected chi connectivity index (χ2v) is 8.74. The molecular weight excluding hydrogens is 386 g/mol. The summed E-state index contributed by atoms with van der Waals surface area (Å²) in [5.74, 6) is 2.23. The highest BCUT2D eigenvalue weighted by molar-refractivity contribution is 7.19. The lowest BCUT2D eigenvalue weighted by atomic mass is 10.0. The van der Waals surface area contributed by atoms with E-state index in [9.17, 15) is 4.79 Å². The van der Waals surface area contributed by atoms with E-state index in [2.05, 4.69) is 16.7 Å². The molecule has 0 unspecified atom stereocenters. The van der Waals surface area contributed by atoms with Crippen molar-refractivity contribution in [3.05, 3.63) is 40.4 Å². The van der Waals surface area contributed by atoms with Crippen LogP contribution in [0.5, 0.6) is 0 Å². The number of hydrogen-bond donors (Lipinski definition) is 0. The molecule has 0 bridgehead atoms. The predicted molar refractivity (Wildman–Crippen MR) is 114 cm³/mol. The first kappa shape index (κ1) is 18.6. The summed E-state index contributed by atoms with van der Waals surface area (Å²) >= 11 is 1.82. The minimum atomic E-state index is -0.0359. The van der Waals surface area contributed by atoms with Gasteiger partial charge in [0.25, 0.3) is 5.91 Å². The number of aromatic nitrogens is 2. The molecule has 0 atom stereocenters. The van der Waals surface area contributed by atoms with Crippen molar-refractivity contribution in [3.8, 4) is 0 Å². The molecule has 29 heavy (non-hydrogen) atoms. The van der Waals surface area contributed by atoms with Crippen LogP contribution >= 0.6 is 11.3 Å². The third-order valence-corrected chi connectivity index (χ3v) is 7.03. The van der Waals surface area contributed by atoms with E-state index in [1.54, 1.807) is 18.4 Å². The first-order chi connectivity index (χ1) is 14.1. The molecule has 2 aliphatic rings. The third kappa shape index (κ3) is 3.30. The van der Waals surface area contributed by atoms with Gasteiger partial charge in [0.15, 0.2) is 5.76 Å². The molecule has 0 spiro atoms. The van der Waals surface area contributed by atoms with Gasteiger partial charge in [-0.05, 0) is 37.6 Å². The summed E-state index contributed by atoms with van der Waals surface area (Å²) in [5, 5.41) is 1.23. The monoisotopic (exact) mass is 411 g/mol. The molecule has 5 heterocycles. The van der Waals surface area contributed by atoms with E-state index in [-0.39, 0.29) is 5.91 Å². The second-order valence-electron chi connectivity index (χ2n) is 7.65. The maximum atomic E-state index is 12.6. The first-order valence-corrected chi connectivity index (χ1v) is 11.0. The van der Waals surface area contributed by atoms with Crippen molar-refractivity contribution >= 4 is 33.3 Å². The molecule has 7 nitrogen and oxygen atoms in total. The fourth-order valence-electron chi connectivity index (χ4n) is 4.31. The average molecular weight is 412 g/mol. The Hall–Kier alpha value is -2.45. The predicted octanol–water partition coefficient (Wildman–Crippen LogP) is 2.93. The standard InChI is InChI=1S/C21H25N5O2S/c1-3-24-7-6-15-17(13-24)29-20-18(15)19(22-14(2)23-20)25-8-10-26(11-9-25)21(27)16-5-4-12-28-16/h4-5,12H,3,6-11,13H2,1-2H3. The van der Waals surface area contributed by atoms with Gasteiger partial charge in [-0.15, -0.1) is 11.3 Å². The van der Waals surface area contributed by atoms with Crippen LogP contribution < -0.4 is 4.90 Å². The quantitative estimate of drug-likeness (QED) is 0.660. The zero-order valence-electron chi connectivity index (χ0n) is 16.8. The van der Waals surface area contributed by atoms with Crippen LogP contribution in [0.1, 0.15) is 33.7 Å². The lowest BCUT2D eigenvalue weighted by Gasteiger charge is -2.35. The van der Waals surface area contributed by atoms with Gasteiger partial charge < -0.3 is 14.2 Å². The number of hydrogen-bond acceptors (Lipinski definition) is 7. The zero-order chi connectivity index (χ0) is 20.0. The Morgan fingerprint density at radius 1 is 1.21 bits per heavy atom. The molecule has 5 rings (SSSR count). The molecule has 0 saturated carbocycles. The summed E-state index contributed by atoms with van der Waals surface area (Å²) in [6.45, 7) is 10.2. The molecule has 3 aromatic heterocycles. The van der Waals surface area contributed by atoms with Crippen LogP contribution in [0.3, 0.4) is 0 Å². The highest BCUT2D eigenvalue weighted by Gasteiger charge is 2.29. The highest BCUT2D eigenvalue weighted by atomic mass is 32.1. The van der Waals surface area contributed by atoms with Crippen molar-refractivity contribution in [1.82, 2.24) is 19.8 Å². The summed E-state index contributed by atoms with van der Waals surface area (Å²) in [4.78, 5) is 31.4. The van der Waals surface area contributed by atoms with E-state index in [0.29, 0.717) is 18.8 Å². The van der Waals surface area contributed by atoms with Crippen molar-refractivity contribution in [1.29, 1.82) is 0 Å². The number of carbonyl (C=O) groups excluding carboxylic acids is 1. The van der Waals surface area contributed by atoms with Crippen molar-refractivity contribution < 1.29 is 9.21 Å². The summed E-state index contributed by atoms with van der Waals surface area (Å²) < 4.78 is 5.28. The fourth-order valence-corrected chi connectivity index (χ4v) is 5.61. The molecule has 8 heteroatoms. The molecule has 1 saturated heterocycles. The Labute approximate surface area is 173 Å². The molecule has 3 aromatic rings. The number of piperazine rings is 1. The van der Waals surface area contributed by atoms with Gasteiger partial charge in [0.1, 0.15) is 16.5 Å². The topological polar surface area (TPSA) is 65.7 Å². The van der Waals surface area contributed by atoms with Crippen molar-refractivity contribution in [3.63, 3.8) is 0 Å². The number of thiophene rings is 1. The van der Waals surface area contributed by atoms with E-state index >= 15 is 0 Å². The molecule has 152 valence electrons. The van der Waals surface area contributed by atoms with Gasteiger partial charge in [-0.1, -0.05) is 6.92 Å². The van der Waals surface area contributed by atoms with Gasteiger partial charge in [-0.3, -0.25) is 9.69 Å². The van der Waals surface area contributed by atoms with Crippen LogP contribution in [-0.4, -0.2) is 64.9 Å². The molecule has 0 N–H and O–H groups in total. The van der Waals surface area contributed by atoms with Gasteiger partial charge in [0.05, 0.1) is 11.6 Å². The third-order valence-electron chi connectivity index (χ3n) is 5.92. The number of rotatable bonds is 3. The van der Waals surface area contributed by atoms with Crippen LogP contribution in [0.2, 0.25) is 0 Å². The fraction of sp³-hybridized carbons (Fsp3) is 0.476. The van der Waals surface area contributed by atoms with Crippen LogP contribution in [0.15, 0.2) is 22.8 Å². The molecule has 2 aliphatic heterocycles. The zero-order valence-corrected chi connectivity index (χ0v) is 17.7. The van der Waals surface area contributed by atoms with Crippen LogP contribution in [0.4, 0.5) is 5.82 Å². The second kappa shape index (κ2) is 7.42. The Balaban J connectivity index is 1.42. The molecular formula is C21H25N5O2S. The number of anilines is 1. The molecule has 0 radical (unpaired) electrons. The number of fused-ring (bicyclic) bond motifs is 3. The summed E-state index contributed by atoms with van der Waals surface area (Å²) in [6, 6.07) is 3.48. The normalized spacial score (nSPS) is 17.7. The smallest absolute Gasteiger partial charge is 0.289 e. The van der Waals surface area contributed by atoms with E-state index in [1.165, 1.54) is 15.8 Å². The van der Waals surface area contributed by atoms with E-state index in [1.807, 2.05) is 23.2 Å². The van der Waals surface area contributed by atoms with Gasteiger partial charge in [0.2, 0.25) is 0 Å². The van der Waals surface area contributed by atoms with Crippen LogP contribution in [-0.2, 0) is 13.0 Å². The molecule has 0 aliphatic carbocycles. The molecule has 1 amide bonds. The molecule has 0 aromatic carbocycles. The Kier molecular flexibility index (Phi) is 4.75. The lowest BCUT2D eigenvalue weighted by molar-refractivity contribution is 0.0714. The maximum Gasteiger partial charge on any atom is 0.289 e. The first-order valence-electron chi connectivity index (χ1n) is 10.2. The molecule has 1 fully saturated rings. The minimum Gasteiger partial charge on any atom is -0.459 e. The Morgan fingerprint density at radius 3 is 2.76 bits per heavy atom. The van der Waals surface area contributed by atoms with Crippen molar-refractivity contribution in [2.75, 3.05) is 44.2 Å². The summed E-state index contributed by atoms with van der Waals surface area (Å²) in [6.07, 6.45) is 2.60. The Bertz CT molecular complexity index is 1040. The van der Waals surface area contributed by atoms with Gasteiger partial charge in [0, 0.05) is 44.1 Å². The number of likely N-dealkylation sites (N-methyl/N-ethyl adjacent to an activating group) is 1. The van der Waals surface area contributed by atoms with Gasteiger partial charge in [-0.2, -0.15) is 0 Å². The SMILES string of the molecule is CCN1CCc2c(sc3nc(C)nc(N4CCN(C(=O)c5ccco5)CC4)c23)C1. The largest absolute Gasteiger partial charge is 0.459 e. The minimum absolute atomic E-state index is 0.0359. The van der Waals surface area contributed by atoms with Crippen LogP contribution in [0.25, 0.3) is 10.2 Å². The lowest BCUT2D eigenvalue weighted by Crippen LogP contribution is -2.49. The van der Waals surface area contributed by atoms with Crippen LogP contribution in [0, 0.1) is 6.92 Å². The van der Waals surface area contributed by atoms with Gasteiger partial charge >= 0.3 is 0 Å². The Morgan fingerprint density at radius 2 is 2.03 bits per heavy atom. The number of aryl methyl sites for hydroxylation is 1. The van der Waals surface area contributed by atoms with E-state index < -0.39 is 0 Å². The summed E-state index contributed by atoms with van der Waals surface area (Å²) in [7, 11) is 0. The number of carbonyl (C=O) groups is 1. The average Bonchev–Trinajstić information content (AvgIpc) is 3.40. The summed E-state index contributed by atoms with van der Waals surface area (Å²) in [5.41, 5.74) is 1.43. The van der Waals surface area contributed by atoms with Crippen molar-refractivity contribution in [2.45, 2.75) is 26.8 Å². The number of nitrogens with zero attached hydrogens (tertiary/aromatic N) is 5. The highest BCUT2D eigenvalue weighted by Crippen LogP contribution is 2.39. The maximum absolute atomic E-state index is 12.6. The van der Waals surface area contributed by atoms with Gasteiger partial charge in [-0.25, -0.2) is 9.97 Å². The number of furan rings is 1. The number of amides is 1. The van der Waals surface area contributed by atoms with Crippen molar-refractivity contribution in [2.24, 2.45) is 0 Å². The van der Waals surface area contributed by atoms with E-state index in [0.717, 1.165) is 55.6 Å².